The first-order valence-corrected chi connectivity index (χ1v) is 19.5. The molecule has 12 rings (SSSR count). The maximum absolute atomic E-state index is 2.39. The molecule has 0 saturated heterocycles. The summed E-state index contributed by atoms with van der Waals surface area (Å²) in [5.74, 6) is 0. The zero-order valence-electron chi connectivity index (χ0n) is 30.6. The van der Waals surface area contributed by atoms with Gasteiger partial charge in [-0.05, 0) is 132 Å². The van der Waals surface area contributed by atoms with E-state index >= 15 is 0 Å². The molecule has 0 heteroatoms. The summed E-state index contributed by atoms with van der Waals surface area (Å²) in [7, 11) is 0. The van der Waals surface area contributed by atoms with Gasteiger partial charge in [0.15, 0.2) is 0 Å². The SMILES string of the molecule is c1cc(-c2cc3ccccc3c3ccccc23)cc(-c2ccc3ccc4c(-c5ccccc5-c5cccc6c5ccc5ccccc56)ccc5ccc2c3c54)c1. The van der Waals surface area contributed by atoms with Gasteiger partial charge in [0.25, 0.3) is 0 Å². The molecule has 0 radical (unpaired) electrons. The molecule has 258 valence electrons. The van der Waals surface area contributed by atoms with Gasteiger partial charge in [0.05, 0.1) is 0 Å². The Bertz CT molecular complexity index is 3530. The normalized spacial score (nSPS) is 11.9. The summed E-state index contributed by atoms with van der Waals surface area (Å²) in [6.07, 6.45) is 0. The van der Waals surface area contributed by atoms with E-state index in [2.05, 4.69) is 206 Å². The molecular formula is C56H34. The molecule has 0 atom stereocenters. The number of hydrogen-bond acceptors (Lipinski definition) is 0. The zero-order chi connectivity index (χ0) is 36.7. The van der Waals surface area contributed by atoms with Gasteiger partial charge in [-0.2, -0.15) is 0 Å². The first kappa shape index (κ1) is 31.1. The van der Waals surface area contributed by atoms with Crippen molar-refractivity contribution in [2.45, 2.75) is 0 Å². The Kier molecular flexibility index (Phi) is 6.73. The quantitative estimate of drug-likeness (QED) is 0.160. The lowest BCUT2D eigenvalue weighted by Crippen LogP contribution is -1.92. The van der Waals surface area contributed by atoms with E-state index in [9.17, 15) is 0 Å². The van der Waals surface area contributed by atoms with Gasteiger partial charge >= 0.3 is 0 Å². The fourth-order valence-electron chi connectivity index (χ4n) is 9.66. The van der Waals surface area contributed by atoms with E-state index in [4.69, 9.17) is 0 Å². The highest BCUT2D eigenvalue weighted by molar-refractivity contribution is 6.28. The molecule has 0 unspecified atom stereocenters. The minimum atomic E-state index is 1.23. The van der Waals surface area contributed by atoms with Crippen LogP contribution in [0.2, 0.25) is 0 Å². The lowest BCUT2D eigenvalue weighted by molar-refractivity contribution is 1.63. The van der Waals surface area contributed by atoms with Crippen LogP contribution in [-0.4, -0.2) is 0 Å². The van der Waals surface area contributed by atoms with E-state index in [1.807, 2.05) is 0 Å². The molecule has 0 aromatic heterocycles. The van der Waals surface area contributed by atoms with Crippen molar-refractivity contribution in [3.63, 3.8) is 0 Å². The van der Waals surface area contributed by atoms with Crippen molar-refractivity contribution in [1.29, 1.82) is 0 Å². The predicted molar refractivity (Wildman–Crippen MR) is 242 cm³/mol. The highest BCUT2D eigenvalue weighted by atomic mass is 14.2. The standard InChI is InChI=1S/C56H34/c1-3-15-41-35(11-1)23-29-50-45(41)21-10-22-48(50)46-18-6-7-19-47(46)51-30-25-37-26-31-52-43(28-24-36-27-32-53(51)56(37)55(36)52)38-13-9-14-39(33-38)54-34-40-12-2-4-16-42(40)44-17-5-8-20-49(44)54/h1-34H. The van der Waals surface area contributed by atoms with Crippen LogP contribution in [0.25, 0.3) is 120 Å². The molecule has 0 amide bonds. The Morgan fingerprint density at radius 2 is 0.607 bits per heavy atom. The molecule has 12 aromatic carbocycles. The van der Waals surface area contributed by atoms with Gasteiger partial charge < -0.3 is 0 Å². The number of fused-ring (bicyclic) bond motifs is 6. The van der Waals surface area contributed by atoms with Crippen LogP contribution in [-0.2, 0) is 0 Å². The minimum absolute atomic E-state index is 1.23. The second-order valence-corrected chi connectivity index (χ2v) is 15.2. The van der Waals surface area contributed by atoms with Crippen LogP contribution in [0, 0.1) is 0 Å². The summed E-state index contributed by atoms with van der Waals surface area (Å²) in [6.45, 7) is 0. The molecule has 0 nitrogen and oxygen atoms in total. The first-order chi connectivity index (χ1) is 27.8. The van der Waals surface area contributed by atoms with Crippen molar-refractivity contribution in [2.75, 3.05) is 0 Å². The second-order valence-electron chi connectivity index (χ2n) is 15.2. The van der Waals surface area contributed by atoms with Crippen molar-refractivity contribution < 1.29 is 0 Å². The average molecular weight is 707 g/mol. The van der Waals surface area contributed by atoms with E-state index < -0.39 is 0 Å². The van der Waals surface area contributed by atoms with Crippen LogP contribution in [0.4, 0.5) is 0 Å². The number of hydrogen-bond donors (Lipinski definition) is 0. The molecule has 0 aliphatic carbocycles. The Labute approximate surface area is 324 Å². The Morgan fingerprint density at radius 3 is 1.34 bits per heavy atom. The summed E-state index contributed by atoms with van der Waals surface area (Å²) in [6, 6.07) is 76.6. The summed E-state index contributed by atoms with van der Waals surface area (Å²) in [5.41, 5.74) is 10.0. The summed E-state index contributed by atoms with van der Waals surface area (Å²) >= 11 is 0. The van der Waals surface area contributed by atoms with E-state index in [-0.39, 0.29) is 0 Å². The van der Waals surface area contributed by atoms with Gasteiger partial charge in [-0.1, -0.05) is 194 Å². The fraction of sp³-hybridized carbons (Fsp3) is 0. The maximum atomic E-state index is 2.39. The van der Waals surface area contributed by atoms with E-state index in [1.165, 1.54) is 120 Å². The molecule has 0 aliphatic rings. The smallest absolute Gasteiger partial charge is 0.00203 e. The van der Waals surface area contributed by atoms with Gasteiger partial charge in [-0.15, -0.1) is 0 Å². The molecular weight excluding hydrogens is 673 g/mol. The van der Waals surface area contributed by atoms with Gasteiger partial charge in [0.2, 0.25) is 0 Å². The summed E-state index contributed by atoms with van der Waals surface area (Å²) in [4.78, 5) is 0. The van der Waals surface area contributed by atoms with Crippen molar-refractivity contribution in [2.24, 2.45) is 0 Å². The largest absolute Gasteiger partial charge is 0.0616 e. The molecule has 56 heavy (non-hydrogen) atoms. The van der Waals surface area contributed by atoms with Gasteiger partial charge in [0, 0.05) is 0 Å². The lowest BCUT2D eigenvalue weighted by atomic mass is 9.84. The Morgan fingerprint density at radius 1 is 0.179 bits per heavy atom. The molecule has 0 aliphatic heterocycles. The molecule has 0 spiro atoms. The molecule has 0 bridgehead atoms. The zero-order valence-corrected chi connectivity index (χ0v) is 30.6. The summed E-state index contributed by atoms with van der Waals surface area (Å²) in [5, 5.41) is 18.0. The second kappa shape index (κ2) is 12.1. The van der Waals surface area contributed by atoms with Crippen molar-refractivity contribution in [3.05, 3.63) is 206 Å². The van der Waals surface area contributed by atoms with Crippen molar-refractivity contribution >= 4 is 75.4 Å². The molecule has 0 fully saturated rings. The minimum Gasteiger partial charge on any atom is -0.0616 e. The topological polar surface area (TPSA) is 0 Å². The van der Waals surface area contributed by atoms with Crippen LogP contribution in [0.15, 0.2) is 206 Å². The van der Waals surface area contributed by atoms with Crippen molar-refractivity contribution in [3.8, 4) is 44.5 Å². The molecule has 0 N–H and O–H groups in total. The van der Waals surface area contributed by atoms with Crippen LogP contribution < -0.4 is 0 Å². The average Bonchev–Trinajstić information content (AvgIpc) is 3.27. The third-order valence-corrected chi connectivity index (χ3v) is 12.2. The number of benzene rings is 12. The summed E-state index contributed by atoms with van der Waals surface area (Å²) < 4.78 is 0. The highest BCUT2D eigenvalue weighted by Crippen LogP contribution is 2.46. The fourth-order valence-corrected chi connectivity index (χ4v) is 9.66. The van der Waals surface area contributed by atoms with E-state index in [1.54, 1.807) is 0 Å². The van der Waals surface area contributed by atoms with Crippen LogP contribution in [0.1, 0.15) is 0 Å². The van der Waals surface area contributed by atoms with Crippen LogP contribution in [0.3, 0.4) is 0 Å². The number of rotatable bonds is 4. The van der Waals surface area contributed by atoms with Crippen molar-refractivity contribution in [1.82, 2.24) is 0 Å². The van der Waals surface area contributed by atoms with E-state index in [0.717, 1.165) is 0 Å². The Balaban J connectivity index is 1.05. The van der Waals surface area contributed by atoms with Gasteiger partial charge in [-0.25, -0.2) is 0 Å². The first-order valence-electron chi connectivity index (χ1n) is 19.5. The lowest BCUT2D eigenvalue weighted by Gasteiger charge is -2.19. The van der Waals surface area contributed by atoms with Crippen LogP contribution in [0.5, 0.6) is 0 Å². The van der Waals surface area contributed by atoms with E-state index in [0.29, 0.717) is 0 Å². The monoisotopic (exact) mass is 706 g/mol. The predicted octanol–water partition coefficient (Wildman–Crippen LogP) is 15.9. The molecule has 12 aromatic rings. The maximum Gasteiger partial charge on any atom is -0.00203 e. The van der Waals surface area contributed by atoms with Crippen LogP contribution >= 0.6 is 0 Å². The third-order valence-electron chi connectivity index (χ3n) is 12.2. The molecule has 0 saturated carbocycles. The Hall–Kier alpha value is -7.28. The highest BCUT2D eigenvalue weighted by Gasteiger charge is 2.18. The van der Waals surface area contributed by atoms with Gasteiger partial charge in [-0.3, -0.25) is 0 Å². The molecule has 0 heterocycles. The van der Waals surface area contributed by atoms with Gasteiger partial charge in [0.1, 0.15) is 0 Å². The third kappa shape index (κ3) is 4.60.